The number of halogens is 4. The van der Waals surface area contributed by atoms with Crippen molar-refractivity contribution < 1.29 is 14.3 Å². The van der Waals surface area contributed by atoms with Crippen molar-refractivity contribution >= 4 is 71.5 Å². The summed E-state index contributed by atoms with van der Waals surface area (Å²) in [5.74, 6) is 0.721. The Labute approximate surface area is 175 Å². The summed E-state index contributed by atoms with van der Waals surface area (Å²) in [6, 6.07) is 8.75. The van der Waals surface area contributed by atoms with E-state index in [4.69, 9.17) is 21.1 Å². The highest BCUT2D eigenvalue weighted by atomic mass is 79.9. The first-order valence-electron chi connectivity index (χ1n) is 6.83. The van der Waals surface area contributed by atoms with Gasteiger partial charge in [-0.25, -0.2) is 5.43 Å². The monoisotopic (exact) mass is 552 g/mol. The van der Waals surface area contributed by atoms with E-state index in [1.165, 1.54) is 6.21 Å². The average Bonchev–Trinajstić information content (AvgIpc) is 2.54. The number of ether oxygens (including phenoxy) is 2. The molecule has 0 saturated heterocycles. The Bertz CT molecular complexity index is 792. The summed E-state index contributed by atoms with van der Waals surface area (Å²) in [7, 11) is 1.54. The van der Waals surface area contributed by atoms with Crippen molar-refractivity contribution in [3.8, 4) is 11.5 Å². The van der Waals surface area contributed by atoms with E-state index in [0.717, 1.165) is 4.47 Å². The number of benzene rings is 2. The van der Waals surface area contributed by atoms with Crippen molar-refractivity contribution in [2.45, 2.75) is 0 Å². The largest absolute Gasteiger partial charge is 0.496 e. The summed E-state index contributed by atoms with van der Waals surface area (Å²) >= 11 is 16.1. The second-order valence-electron chi connectivity index (χ2n) is 4.67. The zero-order valence-corrected chi connectivity index (χ0v) is 18.4. The van der Waals surface area contributed by atoms with Crippen LogP contribution in [0.3, 0.4) is 0 Å². The molecular weight excluding hydrogens is 543 g/mol. The van der Waals surface area contributed by atoms with Gasteiger partial charge in [-0.05, 0) is 62.2 Å². The van der Waals surface area contributed by atoms with Crippen LogP contribution in [-0.2, 0) is 4.79 Å². The number of methoxy groups -OCH3 is 1. The SMILES string of the molecule is COc1ccc(Cl)cc1/C=N\NC(=O)COc1c(Br)cc(Br)cc1Br. The number of carbonyl (C=O) groups excluding carboxylic acids is 1. The summed E-state index contributed by atoms with van der Waals surface area (Å²) in [6.45, 7) is -0.192. The molecule has 5 nitrogen and oxygen atoms in total. The molecule has 0 spiro atoms. The molecule has 0 unspecified atom stereocenters. The lowest BCUT2D eigenvalue weighted by Gasteiger charge is -2.10. The van der Waals surface area contributed by atoms with Gasteiger partial charge in [0, 0.05) is 15.1 Å². The standard InChI is InChI=1S/C16H12Br3ClN2O3/c1-24-14-3-2-11(20)4-9(14)7-21-22-15(23)8-25-16-12(18)5-10(17)6-13(16)19/h2-7H,8H2,1H3,(H,22,23)/b21-7-. The Kier molecular flexibility index (Phi) is 7.74. The van der Waals surface area contributed by atoms with E-state index in [9.17, 15) is 4.79 Å². The highest BCUT2D eigenvalue weighted by molar-refractivity contribution is 9.11. The quantitative estimate of drug-likeness (QED) is 0.396. The van der Waals surface area contributed by atoms with Gasteiger partial charge >= 0.3 is 0 Å². The fourth-order valence-corrected chi connectivity index (χ4v) is 4.48. The number of hydrazone groups is 1. The van der Waals surface area contributed by atoms with E-state index >= 15 is 0 Å². The molecule has 0 fully saturated rings. The Morgan fingerprint density at radius 3 is 2.56 bits per heavy atom. The summed E-state index contributed by atoms with van der Waals surface area (Å²) in [5.41, 5.74) is 3.04. The van der Waals surface area contributed by atoms with Gasteiger partial charge in [0.25, 0.3) is 5.91 Å². The number of hydrogen-bond donors (Lipinski definition) is 1. The maximum Gasteiger partial charge on any atom is 0.277 e. The highest BCUT2D eigenvalue weighted by Crippen LogP contribution is 2.36. The van der Waals surface area contributed by atoms with Crippen molar-refractivity contribution in [3.05, 3.63) is 54.3 Å². The maximum atomic E-state index is 11.9. The summed E-state index contributed by atoms with van der Waals surface area (Å²) in [6.07, 6.45) is 1.45. The summed E-state index contributed by atoms with van der Waals surface area (Å²) < 4.78 is 13.0. The van der Waals surface area contributed by atoms with E-state index in [-0.39, 0.29) is 6.61 Å². The molecule has 0 aromatic heterocycles. The Morgan fingerprint density at radius 1 is 1.24 bits per heavy atom. The summed E-state index contributed by atoms with van der Waals surface area (Å²) in [5, 5.41) is 4.43. The fourth-order valence-electron chi connectivity index (χ4n) is 1.82. The number of nitrogens with one attached hydrogen (secondary N) is 1. The lowest BCUT2D eigenvalue weighted by molar-refractivity contribution is -0.123. The van der Waals surface area contributed by atoms with Crippen LogP contribution in [0.15, 0.2) is 48.9 Å². The molecule has 0 saturated carbocycles. The van der Waals surface area contributed by atoms with E-state index in [1.54, 1.807) is 25.3 Å². The van der Waals surface area contributed by atoms with Crippen LogP contribution in [0.25, 0.3) is 0 Å². The number of rotatable bonds is 6. The molecule has 0 aliphatic rings. The molecule has 0 atom stereocenters. The minimum Gasteiger partial charge on any atom is -0.496 e. The second-order valence-corrected chi connectivity index (χ2v) is 7.73. The van der Waals surface area contributed by atoms with Gasteiger partial charge in [0.15, 0.2) is 6.61 Å². The molecular formula is C16H12Br3ClN2O3. The third-order valence-corrected chi connectivity index (χ3v) is 4.77. The Balaban J connectivity index is 1.94. The van der Waals surface area contributed by atoms with E-state index in [2.05, 4.69) is 58.3 Å². The number of amides is 1. The van der Waals surface area contributed by atoms with Crippen LogP contribution >= 0.6 is 59.4 Å². The molecule has 9 heteroatoms. The third kappa shape index (κ3) is 5.99. The lowest BCUT2D eigenvalue weighted by Crippen LogP contribution is -2.24. The van der Waals surface area contributed by atoms with Crippen LogP contribution in [0, 0.1) is 0 Å². The first-order valence-corrected chi connectivity index (χ1v) is 9.59. The molecule has 25 heavy (non-hydrogen) atoms. The van der Waals surface area contributed by atoms with Crippen LogP contribution in [0.1, 0.15) is 5.56 Å². The Morgan fingerprint density at radius 2 is 1.92 bits per heavy atom. The predicted molar refractivity (Wildman–Crippen MR) is 109 cm³/mol. The fraction of sp³-hybridized carbons (Fsp3) is 0.125. The van der Waals surface area contributed by atoms with Crippen LogP contribution in [0.4, 0.5) is 0 Å². The highest BCUT2D eigenvalue weighted by Gasteiger charge is 2.10. The third-order valence-electron chi connectivity index (χ3n) is 2.90. The summed E-state index contributed by atoms with van der Waals surface area (Å²) in [4.78, 5) is 11.9. The van der Waals surface area contributed by atoms with Crippen molar-refractivity contribution in [2.75, 3.05) is 13.7 Å². The lowest BCUT2D eigenvalue weighted by atomic mass is 10.2. The van der Waals surface area contributed by atoms with Gasteiger partial charge in [0.2, 0.25) is 0 Å². The topological polar surface area (TPSA) is 59.9 Å². The maximum absolute atomic E-state index is 11.9. The van der Waals surface area contributed by atoms with Gasteiger partial charge in [-0.1, -0.05) is 27.5 Å². The van der Waals surface area contributed by atoms with Gasteiger partial charge < -0.3 is 9.47 Å². The van der Waals surface area contributed by atoms with Crippen molar-refractivity contribution in [3.63, 3.8) is 0 Å². The van der Waals surface area contributed by atoms with Crippen LogP contribution in [0.5, 0.6) is 11.5 Å². The van der Waals surface area contributed by atoms with Crippen molar-refractivity contribution in [1.29, 1.82) is 0 Å². The molecule has 2 aromatic rings. The van der Waals surface area contributed by atoms with E-state index in [0.29, 0.717) is 31.0 Å². The minimum absolute atomic E-state index is 0.192. The van der Waals surface area contributed by atoms with Gasteiger partial charge in [-0.2, -0.15) is 5.10 Å². The van der Waals surface area contributed by atoms with Gasteiger partial charge in [-0.3, -0.25) is 4.79 Å². The molecule has 2 aromatic carbocycles. The molecule has 0 aliphatic heterocycles. The zero-order chi connectivity index (χ0) is 18.4. The Hall–Kier alpha value is -1.09. The molecule has 132 valence electrons. The van der Waals surface area contributed by atoms with Gasteiger partial charge in [-0.15, -0.1) is 0 Å². The first-order chi connectivity index (χ1) is 11.9. The molecule has 0 bridgehead atoms. The molecule has 1 N–H and O–H groups in total. The van der Waals surface area contributed by atoms with Crippen molar-refractivity contribution in [1.82, 2.24) is 5.43 Å². The molecule has 2 rings (SSSR count). The number of hydrogen-bond acceptors (Lipinski definition) is 4. The van der Waals surface area contributed by atoms with E-state index in [1.807, 2.05) is 12.1 Å². The minimum atomic E-state index is -0.404. The number of nitrogens with zero attached hydrogens (tertiary/aromatic N) is 1. The number of carbonyl (C=O) groups is 1. The smallest absolute Gasteiger partial charge is 0.277 e. The predicted octanol–water partition coefficient (Wildman–Crippen LogP) is 5.17. The zero-order valence-electron chi connectivity index (χ0n) is 12.9. The molecule has 0 heterocycles. The van der Waals surface area contributed by atoms with Crippen LogP contribution < -0.4 is 14.9 Å². The van der Waals surface area contributed by atoms with Gasteiger partial charge in [0.1, 0.15) is 11.5 Å². The van der Waals surface area contributed by atoms with Gasteiger partial charge in [0.05, 0.1) is 22.3 Å². The molecule has 0 aliphatic carbocycles. The van der Waals surface area contributed by atoms with Crippen molar-refractivity contribution in [2.24, 2.45) is 5.10 Å². The average molecular weight is 555 g/mol. The van der Waals surface area contributed by atoms with Crippen LogP contribution in [-0.4, -0.2) is 25.8 Å². The normalized spacial score (nSPS) is 10.8. The van der Waals surface area contributed by atoms with Crippen LogP contribution in [0.2, 0.25) is 5.02 Å². The first kappa shape index (κ1) is 20.2. The molecule has 1 amide bonds. The van der Waals surface area contributed by atoms with E-state index < -0.39 is 5.91 Å². The molecule has 0 radical (unpaired) electrons. The second kappa shape index (κ2) is 9.56.